The van der Waals surface area contributed by atoms with Crippen molar-refractivity contribution in [2.75, 3.05) is 5.32 Å². The third kappa shape index (κ3) is 3.05. The molecule has 0 aliphatic rings. The number of nitrogens with zero attached hydrogens (tertiary/aromatic N) is 3. The lowest BCUT2D eigenvalue weighted by atomic mass is 10.2. The Kier molecular flexibility index (Phi) is 3.62. The molecular weight excluding hydrogens is 291 g/mol. The van der Waals surface area contributed by atoms with Crippen LogP contribution in [0.4, 0.5) is 19.1 Å². The topological polar surface area (TPSA) is 68.8 Å². The van der Waals surface area contributed by atoms with Gasteiger partial charge in [0.2, 0.25) is 5.95 Å². The maximum Gasteiger partial charge on any atom is 0.433 e. The minimum absolute atomic E-state index is 0.124. The Morgan fingerprint density at radius 3 is 2.60 bits per heavy atom. The molecule has 20 heavy (non-hydrogen) atoms. The van der Waals surface area contributed by atoms with Gasteiger partial charge in [0.25, 0.3) is 0 Å². The molecule has 0 aromatic carbocycles. The van der Waals surface area contributed by atoms with Crippen LogP contribution in [0.15, 0.2) is 24.4 Å². The number of aromatic nitrogens is 3. The van der Waals surface area contributed by atoms with Gasteiger partial charge in [-0.25, -0.2) is 9.97 Å². The van der Waals surface area contributed by atoms with Crippen molar-refractivity contribution < 1.29 is 13.2 Å². The van der Waals surface area contributed by atoms with Crippen LogP contribution in [0.25, 0.3) is 11.4 Å². The summed E-state index contributed by atoms with van der Waals surface area (Å²) in [6.45, 7) is 0. The van der Waals surface area contributed by atoms with Gasteiger partial charge in [0, 0.05) is 13.2 Å². The van der Waals surface area contributed by atoms with E-state index in [1.807, 2.05) is 0 Å². The molecule has 106 valence electrons. The van der Waals surface area contributed by atoms with Crippen LogP contribution in [0.2, 0.25) is 0 Å². The summed E-state index contributed by atoms with van der Waals surface area (Å²) in [6.07, 6.45) is -2.89. The number of halogens is 3. The lowest BCUT2D eigenvalue weighted by Gasteiger charge is -2.11. The van der Waals surface area contributed by atoms with Gasteiger partial charge in [-0.2, -0.15) is 13.2 Å². The van der Waals surface area contributed by atoms with E-state index in [1.54, 1.807) is 29.9 Å². The number of nitrogens with two attached hydrogens (primary N) is 1. The summed E-state index contributed by atoms with van der Waals surface area (Å²) in [7, 11) is 1.70. The first kappa shape index (κ1) is 14.3. The standard InChI is InChI=1S/C11H10F3N5S/c1-19-4-2-3-7(19)6-5-8(11(12,13)14)17-10(16-6)18-9(15)20/h2-5H,1H3,(H3,15,16,17,18,20). The fourth-order valence-electron chi connectivity index (χ4n) is 1.62. The van der Waals surface area contributed by atoms with Crippen molar-refractivity contribution in [3.8, 4) is 11.4 Å². The van der Waals surface area contributed by atoms with E-state index < -0.39 is 11.9 Å². The number of rotatable bonds is 2. The lowest BCUT2D eigenvalue weighted by molar-refractivity contribution is -0.141. The van der Waals surface area contributed by atoms with Crippen LogP contribution in [-0.2, 0) is 13.2 Å². The van der Waals surface area contributed by atoms with Crippen molar-refractivity contribution in [3.05, 3.63) is 30.1 Å². The van der Waals surface area contributed by atoms with E-state index in [4.69, 9.17) is 5.73 Å². The summed E-state index contributed by atoms with van der Waals surface area (Å²) in [6, 6.07) is 4.22. The minimum Gasteiger partial charge on any atom is -0.376 e. The molecule has 0 saturated heterocycles. The van der Waals surface area contributed by atoms with E-state index in [0.29, 0.717) is 5.69 Å². The summed E-state index contributed by atoms with van der Waals surface area (Å²) in [5.41, 5.74) is 4.81. The van der Waals surface area contributed by atoms with Crippen LogP contribution in [-0.4, -0.2) is 19.6 Å². The fourth-order valence-corrected chi connectivity index (χ4v) is 1.71. The molecule has 0 radical (unpaired) electrons. The average molecular weight is 301 g/mol. The number of thiocarbonyl (C=S) groups is 1. The number of hydrogen-bond donors (Lipinski definition) is 2. The van der Waals surface area contributed by atoms with E-state index in [0.717, 1.165) is 6.07 Å². The van der Waals surface area contributed by atoms with E-state index in [1.165, 1.54) is 0 Å². The van der Waals surface area contributed by atoms with Crippen LogP contribution in [0.5, 0.6) is 0 Å². The minimum atomic E-state index is -4.59. The van der Waals surface area contributed by atoms with Gasteiger partial charge in [-0.3, -0.25) is 0 Å². The van der Waals surface area contributed by atoms with E-state index in [9.17, 15) is 13.2 Å². The molecule has 0 aliphatic carbocycles. The number of alkyl halides is 3. The van der Waals surface area contributed by atoms with Gasteiger partial charge in [-0.05, 0) is 30.4 Å². The van der Waals surface area contributed by atoms with Crippen molar-refractivity contribution in [1.82, 2.24) is 14.5 Å². The summed E-state index contributed by atoms with van der Waals surface area (Å²) in [5.74, 6) is -0.288. The third-order valence-electron chi connectivity index (χ3n) is 2.46. The van der Waals surface area contributed by atoms with Crippen LogP contribution < -0.4 is 11.1 Å². The Morgan fingerprint density at radius 2 is 2.10 bits per heavy atom. The second-order valence-corrected chi connectivity index (χ2v) is 4.39. The summed E-state index contributed by atoms with van der Waals surface area (Å²) >= 11 is 4.58. The van der Waals surface area contributed by atoms with E-state index >= 15 is 0 Å². The maximum absolute atomic E-state index is 12.8. The number of nitrogens with one attached hydrogen (secondary N) is 1. The molecule has 2 rings (SSSR count). The Bertz CT molecular complexity index is 650. The molecule has 0 unspecified atom stereocenters. The molecule has 3 N–H and O–H groups in total. The highest BCUT2D eigenvalue weighted by Crippen LogP contribution is 2.31. The predicted octanol–water partition coefficient (Wildman–Crippen LogP) is 2.16. The summed E-state index contributed by atoms with van der Waals surface area (Å²) in [4.78, 5) is 7.34. The van der Waals surface area contributed by atoms with Crippen molar-refractivity contribution in [1.29, 1.82) is 0 Å². The highest BCUT2D eigenvalue weighted by atomic mass is 32.1. The Balaban J connectivity index is 2.57. The molecule has 0 bridgehead atoms. The van der Waals surface area contributed by atoms with E-state index in [-0.39, 0.29) is 16.8 Å². The molecule has 5 nitrogen and oxygen atoms in total. The SMILES string of the molecule is Cn1cccc1-c1cc(C(F)(F)F)nc(NC(N)=S)n1. The van der Waals surface area contributed by atoms with Crippen LogP contribution >= 0.6 is 12.2 Å². The first-order valence-electron chi connectivity index (χ1n) is 5.42. The van der Waals surface area contributed by atoms with Crippen molar-refractivity contribution in [2.45, 2.75) is 6.18 Å². The summed E-state index contributed by atoms with van der Waals surface area (Å²) in [5, 5.41) is 2.11. The predicted molar refractivity (Wildman–Crippen MR) is 71.8 cm³/mol. The molecule has 0 atom stereocenters. The first-order chi connectivity index (χ1) is 9.27. The first-order valence-corrected chi connectivity index (χ1v) is 5.82. The largest absolute Gasteiger partial charge is 0.433 e. The monoisotopic (exact) mass is 301 g/mol. The fraction of sp³-hybridized carbons (Fsp3) is 0.182. The molecule has 2 aromatic rings. The van der Waals surface area contributed by atoms with Crippen LogP contribution in [0, 0.1) is 0 Å². The zero-order valence-electron chi connectivity index (χ0n) is 10.3. The second kappa shape index (κ2) is 5.08. The highest BCUT2D eigenvalue weighted by Gasteiger charge is 2.34. The molecule has 0 saturated carbocycles. The molecule has 0 spiro atoms. The Morgan fingerprint density at radius 1 is 1.40 bits per heavy atom. The van der Waals surface area contributed by atoms with Gasteiger partial charge in [-0.1, -0.05) is 0 Å². The quantitative estimate of drug-likeness (QED) is 0.832. The van der Waals surface area contributed by atoms with Gasteiger partial charge < -0.3 is 15.6 Å². The van der Waals surface area contributed by atoms with Gasteiger partial charge in [0.05, 0.1) is 11.4 Å². The second-order valence-electron chi connectivity index (χ2n) is 3.95. The Hall–Kier alpha value is -2.16. The zero-order valence-corrected chi connectivity index (χ0v) is 11.1. The number of anilines is 1. The number of hydrogen-bond acceptors (Lipinski definition) is 3. The smallest absolute Gasteiger partial charge is 0.376 e. The third-order valence-corrected chi connectivity index (χ3v) is 2.56. The summed E-state index contributed by atoms with van der Waals surface area (Å²) < 4.78 is 40.2. The molecule has 0 fully saturated rings. The maximum atomic E-state index is 12.8. The zero-order chi connectivity index (χ0) is 14.9. The highest BCUT2D eigenvalue weighted by molar-refractivity contribution is 7.80. The van der Waals surface area contributed by atoms with E-state index in [2.05, 4.69) is 27.5 Å². The van der Waals surface area contributed by atoms with Gasteiger partial charge in [0.1, 0.15) is 0 Å². The lowest BCUT2D eigenvalue weighted by Crippen LogP contribution is -2.22. The molecule has 0 amide bonds. The van der Waals surface area contributed by atoms with Crippen molar-refractivity contribution in [2.24, 2.45) is 12.8 Å². The van der Waals surface area contributed by atoms with Crippen LogP contribution in [0.3, 0.4) is 0 Å². The van der Waals surface area contributed by atoms with Crippen LogP contribution in [0.1, 0.15) is 5.69 Å². The Labute approximate surface area is 117 Å². The van der Waals surface area contributed by atoms with Crippen molar-refractivity contribution in [3.63, 3.8) is 0 Å². The molecule has 0 aliphatic heterocycles. The van der Waals surface area contributed by atoms with Gasteiger partial charge in [-0.15, -0.1) is 0 Å². The molecule has 2 aromatic heterocycles. The van der Waals surface area contributed by atoms with Gasteiger partial charge >= 0.3 is 6.18 Å². The average Bonchev–Trinajstić information content (AvgIpc) is 2.73. The molecule has 2 heterocycles. The van der Waals surface area contributed by atoms with Crippen molar-refractivity contribution >= 4 is 23.3 Å². The molecule has 9 heteroatoms. The normalized spacial score (nSPS) is 11.4. The molecular formula is C11H10F3N5S. The van der Waals surface area contributed by atoms with Gasteiger partial charge in [0.15, 0.2) is 10.8 Å². The number of aryl methyl sites for hydroxylation is 1.